The summed E-state index contributed by atoms with van der Waals surface area (Å²) in [5.74, 6) is -0.857. The van der Waals surface area contributed by atoms with Gasteiger partial charge in [0, 0.05) is 22.9 Å². The number of carbonyl (C=O) groups is 3. The first-order valence-electron chi connectivity index (χ1n) is 10.1. The number of anilines is 2. The Morgan fingerprint density at radius 2 is 1.40 bits per heavy atom. The van der Waals surface area contributed by atoms with Gasteiger partial charge in [0.15, 0.2) is 17.3 Å². The molecule has 11 heteroatoms. The number of nitrogens with one attached hydrogen (secondary N) is 2. The third kappa shape index (κ3) is 5.89. The first kappa shape index (κ1) is 25.1. The number of carbonyl (C=O) groups excluding carboxylic acids is 3. The van der Waals surface area contributed by atoms with E-state index in [2.05, 4.69) is 15.6 Å². The number of hydrogen-bond acceptors (Lipinski definition) is 8. The smallest absolute Gasteiger partial charge is 0.339 e. The van der Waals surface area contributed by atoms with Crippen molar-refractivity contribution in [3.8, 4) is 11.5 Å². The highest BCUT2D eigenvalue weighted by Gasteiger charge is 2.18. The number of benzene rings is 2. The summed E-state index contributed by atoms with van der Waals surface area (Å²) < 4.78 is 15.1. The van der Waals surface area contributed by atoms with Crippen LogP contribution in [0, 0.1) is 0 Å². The molecule has 0 aliphatic heterocycles. The summed E-state index contributed by atoms with van der Waals surface area (Å²) in [5.41, 5.74) is 6.92. The minimum absolute atomic E-state index is 0.0190. The van der Waals surface area contributed by atoms with Crippen LogP contribution >= 0.6 is 12.2 Å². The molecule has 1 aromatic heterocycles. The molecule has 4 N–H and O–H groups in total. The summed E-state index contributed by atoms with van der Waals surface area (Å²) in [6, 6.07) is 12.3. The van der Waals surface area contributed by atoms with E-state index in [0.29, 0.717) is 22.6 Å². The van der Waals surface area contributed by atoms with Gasteiger partial charge in [-0.3, -0.25) is 9.59 Å². The lowest BCUT2D eigenvalue weighted by molar-refractivity contribution is 0.0600. The van der Waals surface area contributed by atoms with Gasteiger partial charge in [0.1, 0.15) is 4.99 Å². The van der Waals surface area contributed by atoms with Gasteiger partial charge >= 0.3 is 5.97 Å². The van der Waals surface area contributed by atoms with Gasteiger partial charge in [-0.15, -0.1) is 0 Å². The molecule has 0 fully saturated rings. The second-order valence-corrected chi connectivity index (χ2v) is 7.47. The lowest BCUT2D eigenvalue weighted by Gasteiger charge is -2.14. The number of aromatic nitrogens is 1. The summed E-state index contributed by atoms with van der Waals surface area (Å²) in [7, 11) is 4.15. The number of hydrogen-bond donors (Lipinski definition) is 3. The van der Waals surface area contributed by atoms with E-state index in [9.17, 15) is 14.4 Å². The molecule has 35 heavy (non-hydrogen) atoms. The zero-order valence-corrected chi connectivity index (χ0v) is 19.9. The fourth-order valence-electron chi connectivity index (χ4n) is 3.03. The Labute approximate surface area is 206 Å². The maximum atomic E-state index is 12.9. The fourth-order valence-corrected chi connectivity index (χ4v) is 3.16. The van der Waals surface area contributed by atoms with Gasteiger partial charge in [-0.25, -0.2) is 9.78 Å². The van der Waals surface area contributed by atoms with Crippen molar-refractivity contribution in [3.05, 3.63) is 77.0 Å². The normalized spacial score (nSPS) is 10.1. The Morgan fingerprint density at radius 1 is 0.800 bits per heavy atom. The van der Waals surface area contributed by atoms with Crippen LogP contribution in [0.4, 0.5) is 11.5 Å². The zero-order chi connectivity index (χ0) is 25.5. The van der Waals surface area contributed by atoms with Crippen molar-refractivity contribution in [2.75, 3.05) is 32.0 Å². The van der Waals surface area contributed by atoms with Crippen LogP contribution in [0.5, 0.6) is 11.5 Å². The molecule has 180 valence electrons. The summed E-state index contributed by atoms with van der Waals surface area (Å²) >= 11 is 4.92. The number of ether oxygens (including phenoxy) is 3. The number of nitrogens with two attached hydrogens (primary N) is 1. The van der Waals surface area contributed by atoms with E-state index >= 15 is 0 Å². The first-order valence-corrected chi connectivity index (χ1v) is 10.5. The topological polar surface area (TPSA) is 142 Å². The fraction of sp³-hybridized carbons (Fsp3) is 0.125. The molecule has 0 bridgehead atoms. The van der Waals surface area contributed by atoms with Crippen LogP contribution in [-0.4, -0.2) is 49.1 Å². The Balaban J connectivity index is 1.91. The third-order valence-electron chi connectivity index (χ3n) is 4.87. The van der Waals surface area contributed by atoms with Crippen molar-refractivity contribution >= 4 is 46.5 Å². The van der Waals surface area contributed by atoms with E-state index in [-0.39, 0.29) is 27.6 Å². The van der Waals surface area contributed by atoms with E-state index < -0.39 is 17.8 Å². The molecule has 0 saturated heterocycles. The second-order valence-electron chi connectivity index (χ2n) is 7.03. The number of rotatable bonds is 8. The molecular weight excluding hydrogens is 472 g/mol. The number of pyridine rings is 1. The van der Waals surface area contributed by atoms with Gasteiger partial charge in [-0.2, -0.15) is 0 Å². The van der Waals surface area contributed by atoms with Crippen LogP contribution < -0.4 is 25.8 Å². The first-order chi connectivity index (χ1) is 16.8. The van der Waals surface area contributed by atoms with E-state index in [1.54, 1.807) is 36.4 Å². The molecule has 0 saturated carbocycles. The van der Waals surface area contributed by atoms with Gasteiger partial charge in [0.25, 0.3) is 11.8 Å². The molecule has 0 unspecified atom stereocenters. The summed E-state index contributed by atoms with van der Waals surface area (Å²) in [6.45, 7) is 0. The molecule has 1 heterocycles. The Bertz CT molecular complexity index is 1290. The largest absolute Gasteiger partial charge is 0.493 e. The summed E-state index contributed by atoms with van der Waals surface area (Å²) in [4.78, 5) is 42.1. The highest BCUT2D eigenvalue weighted by molar-refractivity contribution is 7.80. The number of nitrogens with zero attached hydrogens (tertiary/aromatic N) is 1. The lowest BCUT2D eigenvalue weighted by Crippen LogP contribution is -2.19. The van der Waals surface area contributed by atoms with Crippen LogP contribution in [0.2, 0.25) is 0 Å². The number of amides is 2. The maximum absolute atomic E-state index is 12.9. The van der Waals surface area contributed by atoms with E-state index in [0.717, 1.165) is 0 Å². The van der Waals surface area contributed by atoms with Crippen molar-refractivity contribution in [1.29, 1.82) is 0 Å². The van der Waals surface area contributed by atoms with Gasteiger partial charge in [-0.05, 0) is 36.4 Å². The Hall–Kier alpha value is -4.51. The predicted molar refractivity (Wildman–Crippen MR) is 133 cm³/mol. The highest BCUT2D eigenvalue weighted by Crippen LogP contribution is 2.28. The third-order valence-corrected chi connectivity index (χ3v) is 5.10. The average molecular weight is 495 g/mol. The molecule has 0 spiro atoms. The van der Waals surface area contributed by atoms with E-state index in [4.69, 9.17) is 32.2 Å². The van der Waals surface area contributed by atoms with E-state index in [1.807, 2.05) is 0 Å². The molecule has 2 aromatic carbocycles. The minimum Gasteiger partial charge on any atom is -0.493 e. The number of methoxy groups -OCH3 is 3. The molecule has 2 amide bonds. The molecule has 10 nitrogen and oxygen atoms in total. The number of thiocarbonyl (C=S) groups is 1. The van der Waals surface area contributed by atoms with Crippen LogP contribution in [0.1, 0.15) is 36.6 Å². The molecular formula is C24H22N4O6S. The zero-order valence-electron chi connectivity index (χ0n) is 19.1. The number of esters is 1. The SMILES string of the molecule is COC(=O)c1cnc(NC(=O)c2ccc(OC)c(OC)c2)c(NC(=O)c2ccc(C(N)=S)cc2)c1. The van der Waals surface area contributed by atoms with Gasteiger partial charge in [0.05, 0.1) is 32.6 Å². The highest BCUT2D eigenvalue weighted by atomic mass is 32.1. The van der Waals surface area contributed by atoms with Gasteiger partial charge in [-0.1, -0.05) is 24.4 Å². The minimum atomic E-state index is -0.661. The molecule has 0 aliphatic rings. The summed E-state index contributed by atoms with van der Waals surface area (Å²) in [6.07, 6.45) is 1.22. The van der Waals surface area contributed by atoms with Crippen molar-refractivity contribution in [3.63, 3.8) is 0 Å². The van der Waals surface area contributed by atoms with Crippen LogP contribution in [0.15, 0.2) is 54.7 Å². The Kier molecular flexibility index (Phi) is 7.95. The van der Waals surface area contributed by atoms with Gasteiger partial charge in [0.2, 0.25) is 0 Å². The summed E-state index contributed by atoms with van der Waals surface area (Å²) in [5, 5.41) is 5.29. The van der Waals surface area contributed by atoms with Crippen molar-refractivity contribution in [2.24, 2.45) is 5.73 Å². The monoisotopic (exact) mass is 494 g/mol. The molecule has 0 atom stereocenters. The molecule has 0 radical (unpaired) electrons. The second kappa shape index (κ2) is 11.1. The van der Waals surface area contributed by atoms with Crippen molar-refractivity contribution < 1.29 is 28.6 Å². The lowest BCUT2D eigenvalue weighted by atomic mass is 10.1. The van der Waals surface area contributed by atoms with Crippen LogP contribution in [0.3, 0.4) is 0 Å². The molecule has 3 rings (SSSR count). The van der Waals surface area contributed by atoms with Gasteiger partial charge < -0.3 is 30.6 Å². The molecule has 0 aliphatic carbocycles. The average Bonchev–Trinajstić information content (AvgIpc) is 2.88. The Morgan fingerprint density at radius 3 is 2.00 bits per heavy atom. The van der Waals surface area contributed by atoms with Crippen molar-refractivity contribution in [2.45, 2.75) is 0 Å². The van der Waals surface area contributed by atoms with Crippen molar-refractivity contribution in [1.82, 2.24) is 4.98 Å². The quantitative estimate of drug-likeness (QED) is 0.318. The maximum Gasteiger partial charge on any atom is 0.339 e. The standard InChI is InChI=1S/C24H22N4O6S/c1-32-18-9-8-15(11-19(18)33-2)23(30)28-21-17(10-16(12-26-21)24(31)34-3)27-22(29)14-6-4-13(5-7-14)20(25)35/h4-12H,1-3H3,(H2,25,35)(H,27,29)(H,26,28,30). The van der Waals surface area contributed by atoms with Crippen LogP contribution in [-0.2, 0) is 4.74 Å². The van der Waals surface area contributed by atoms with Crippen LogP contribution in [0.25, 0.3) is 0 Å². The molecule has 3 aromatic rings. The van der Waals surface area contributed by atoms with E-state index in [1.165, 1.54) is 39.7 Å². The predicted octanol–water partition coefficient (Wildman–Crippen LogP) is 3.02.